The Morgan fingerprint density at radius 1 is 1.35 bits per heavy atom. The second-order valence-corrected chi connectivity index (χ2v) is 4.80. The fraction of sp³-hybridized carbons (Fsp3) is 0.200. The summed E-state index contributed by atoms with van der Waals surface area (Å²) < 4.78 is 5.22. The second kappa shape index (κ2) is 6.39. The number of halogens is 1. The lowest BCUT2D eigenvalue weighted by atomic mass is 10.1. The summed E-state index contributed by atoms with van der Waals surface area (Å²) in [5, 5.41) is 3.40. The predicted octanol–water partition coefficient (Wildman–Crippen LogP) is 3.23. The molecule has 5 heteroatoms. The van der Waals surface area contributed by atoms with Crippen LogP contribution in [0.25, 0.3) is 0 Å². The number of nitrogens with zero attached hydrogens (tertiary/aromatic N) is 1. The van der Waals surface area contributed by atoms with Crippen molar-refractivity contribution in [2.75, 3.05) is 12.4 Å². The van der Waals surface area contributed by atoms with Crippen molar-refractivity contribution in [3.63, 3.8) is 0 Å². The molecule has 0 bridgehead atoms. The molecule has 20 heavy (non-hydrogen) atoms. The van der Waals surface area contributed by atoms with Gasteiger partial charge in [-0.05, 0) is 37.3 Å². The molecule has 1 aromatic heterocycles. The van der Waals surface area contributed by atoms with Gasteiger partial charge in [-0.15, -0.1) is 0 Å². The van der Waals surface area contributed by atoms with Crippen LogP contribution in [0, 0.1) is 6.92 Å². The van der Waals surface area contributed by atoms with Gasteiger partial charge in [-0.1, -0.05) is 11.6 Å². The summed E-state index contributed by atoms with van der Waals surface area (Å²) in [4.78, 5) is 16.1. The lowest BCUT2D eigenvalue weighted by molar-refractivity contribution is -0.115. The average Bonchev–Trinajstić information content (AvgIpc) is 2.38. The first-order valence-corrected chi connectivity index (χ1v) is 6.51. The molecule has 2 aromatic rings. The average molecular weight is 291 g/mol. The van der Waals surface area contributed by atoms with Crippen molar-refractivity contribution >= 4 is 23.2 Å². The first kappa shape index (κ1) is 14.3. The molecule has 0 spiro atoms. The maximum absolute atomic E-state index is 12.0. The first-order valence-electron chi connectivity index (χ1n) is 6.13. The molecule has 0 fully saturated rings. The van der Waals surface area contributed by atoms with Gasteiger partial charge in [-0.3, -0.25) is 9.78 Å². The van der Waals surface area contributed by atoms with Crippen LogP contribution >= 0.6 is 11.6 Å². The number of ether oxygens (including phenoxy) is 1. The topological polar surface area (TPSA) is 51.2 Å². The fourth-order valence-electron chi connectivity index (χ4n) is 1.89. The van der Waals surface area contributed by atoms with E-state index in [1.54, 1.807) is 37.6 Å². The van der Waals surface area contributed by atoms with Crippen LogP contribution < -0.4 is 10.1 Å². The number of hydrogen-bond donors (Lipinski definition) is 1. The SMILES string of the molecule is COc1ccc(Cl)cc1CC(=O)Nc1ccnc(C)c1. The van der Waals surface area contributed by atoms with Gasteiger partial charge >= 0.3 is 0 Å². The third kappa shape index (κ3) is 3.71. The van der Waals surface area contributed by atoms with Crippen LogP contribution in [0.15, 0.2) is 36.5 Å². The minimum absolute atomic E-state index is 0.129. The highest BCUT2D eigenvalue weighted by atomic mass is 35.5. The van der Waals surface area contributed by atoms with E-state index in [-0.39, 0.29) is 12.3 Å². The highest BCUT2D eigenvalue weighted by Crippen LogP contribution is 2.23. The van der Waals surface area contributed by atoms with Crippen LogP contribution in [-0.4, -0.2) is 18.0 Å². The van der Waals surface area contributed by atoms with E-state index in [0.717, 1.165) is 16.9 Å². The smallest absolute Gasteiger partial charge is 0.228 e. The summed E-state index contributed by atoms with van der Waals surface area (Å²) in [5.41, 5.74) is 2.33. The Hall–Kier alpha value is -2.07. The number of aryl methyl sites for hydroxylation is 1. The molecule has 0 radical (unpaired) electrons. The summed E-state index contributed by atoms with van der Waals surface area (Å²) in [6, 6.07) is 8.78. The molecular weight excluding hydrogens is 276 g/mol. The monoisotopic (exact) mass is 290 g/mol. The van der Waals surface area contributed by atoms with E-state index in [4.69, 9.17) is 16.3 Å². The Morgan fingerprint density at radius 2 is 2.15 bits per heavy atom. The van der Waals surface area contributed by atoms with E-state index in [9.17, 15) is 4.79 Å². The van der Waals surface area contributed by atoms with Gasteiger partial charge < -0.3 is 10.1 Å². The van der Waals surface area contributed by atoms with E-state index in [0.29, 0.717) is 10.8 Å². The van der Waals surface area contributed by atoms with Crippen molar-refractivity contribution in [1.29, 1.82) is 0 Å². The summed E-state index contributed by atoms with van der Waals surface area (Å²) in [5.74, 6) is 0.520. The van der Waals surface area contributed by atoms with Crippen LogP contribution in [0.3, 0.4) is 0 Å². The van der Waals surface area contributed by atoms with Crippen LogP contribution in [0.4, 0.5) is 5.69 Å². The molecule has 2 rings (SSSR count). The highest BCUT2D eigenvalue weighted by Gasteiger charge is 2.10. The van der Waals surface area contributed by atoms with Gasteiger partial charge in [0, 0.05) is 28.2 Å². The van der Waals surface area contributed by atoms with E-state index < -0.39 is 0 Å². The molecule has 0 aliphatic carbocycles. The number of anilines is 1. The maximum atomic E-state index is 12.0. The van der Waals surface area contributed by atoms with Gasteiger partial charge in [0.05, 0.1) is 13.5 Å². The number of pyridine rings is 1. The number of benzene rings is 1. The Labute approximate surface area is 122 Å². The van der Waals surface area contributed by atoms with Gasteiger partial charge in [-0.2, -0.15) is 0 Å². The Morgan fingerprint density at radius 3 is 2.85 bits per heavy atom. The van der Waals surface area contributed by atoms with Crippen molar-refractivity contribution in [3.8, 4) is 5.75 Å². The van der Waals surface area contributed by atoms with Crippen LogP contribution in [-0.2, 0) is 11.2 Å². The standard InChI is InChI=1S/C15H15ClN2O2/c1-10-7-13(5-6-17-10)18-15(19)9-11-8-12(16)3-4-14(11)20-2/h3-8H,9H2,1-2H3,(H,17,18,19). The molecule has 0 saturated carbocycles. The minimum Gasteiger partial charge on any atom is -0.496 e. The van der Waals surface area contributed by atoms with Gasteiger partial charge in [0.2, 0.25) is 5.91 Å². The highest BCUT2D eigenvalue weighted by molar-refractivity contribution is 6.30. The fourth-order valence-corrected chi connectivity index (χ4v) is 2.08. The normalized spacial score (nSPS) is 10.2. The molecule has 0 unspecified atom stereocenters. The quantitative estimate of drug-likeness (QED) is 0.940. The number of hydrogen-bond acceptors (Lipinski definition) is 3. The molecule has 0 saturated heterocycles. The molecule has 0 atom stereocenters. The predicted molar refractivity (Wildman–Crippen MR) is 79.3 cm³/mol. The number of rotatable bonds is 4. The Kier molecular flexibility index (Phi) is 4.58. The van der Waals surface area contributed by atoms with Crippen molar-refractivity contribution in [2.24, 2.45) is 0 Å². The number of carbonyl (C=O) groups excluding carboxylic acids is 1. The largest absolute Gasteiger partial charge is 0.496 e. The third-order valence-corrected chi connectivity index (χ3v) is 3.01. The molecule has 1 N–H and O–H groups in total. The van der Waals surface area contributed by atoms with Crippen LogP contribution in [0.1, 0.15) is 11.3 Å². The molecule has 1 aromatic carbocycles. The van der Waals surface area contributed by atoms with Gasteiger partial charge in [0.25, 0.3) is 0 Å². The molecule has 0 aliphatic rings. The van der Waals surface area contributed by atoms with Crippen molar-refractivity contribution in [2.45, 2.75) is 13.3 Å². The van der Waals surface area contributed by atoms with E-state index in [1.807, 2.05) is 13.0 Å². The van der Waals surface area contributed by atoms with Gasteiger partial charge in [0.15, 0.2) is 0 Å². The summed E-state index contributed by atoms with van der Waals surface area (Å²) in [6.07, 6.45) is 1.86. The van der Waals surface area contributed by atoms with E-state index >= 15 is 0 Å². The van der Waals surface area contributed by atoms with Crippen molar-refractivity contribution in [3.05, 3.63) is 52.8 Å². The third-order valence-electron chi connectivity index (χ3n) is 2.77. The first-order chi connectivity index (χ1) is 9.58. The summed E-state index contributed by atoms with van der Waals surface area (Å²) >= 11 is 5.94. The molecule has 1 heterocycles. The van der Waals surface area contributed by atoms with E-state index in [1.165, 1.54) is 0 Å². The van der Waals surface area contributed by atoms with Crippen molar-refractivity contribution < 1.29 is 9.53 Å². The zero-order chi connectivity index (χ0) is 14.5. The molecule has 4 nitrogen and oxygen atoms in total. The number of nitrogens with one attached hydrogen (secondary N) is 1. The van der Waals surface area contributed by atoms with Crippen molar-refractivity contribution in [1.82, 2.24) is 4.98 Å². The summed E-state index contributed by atoms with van der Waals surface area (Å²) in [6.45, 7) is 1.87. The molecule has 104 valence electrons. The van der Waals surface area contributed by atoms with Crippen LogP contribution in [0.5, 0.6) is 5.75 Å². The number of aromatic nitrogens is 1. The summed E-state index contributed by atoms with van der Waals surface area (Å²) in [7, 11) is 1.57. The number of carbonyl (C=O) groups is 1. The minimum atomic E-state index is -0.129. The number of amides is 1. The van der Waals surface area contributed by atoms with Gasteiger partial charge in [0.1, 0.15) is 5.75 Å². The second-order valence-electron chi connectivity index (χ2n) is 4.37. The zero-order valence-corrected chi connectivity index (χ0v) is 12.1. The maximum Gasteiger partial charge on any atom is 0.228 e. The molecular formula is C15H15ClN2O2. The van der Waals surface area contributed by atoms with Gasteiger partial charge in [-0.25, -0.2) is 0 Å². The number of methoxy groups -OCH3 is 1. The Balaban J connectivity index is 2.10. The van der Waals surface area contributed by atoms with Crippen LogP contribution in [0.2, 0.25) is 5.02 Å². The molecule has 0 aliphatic heterocycles. The lowest BCUT2D eigenvalue weighted by Gasteiger charge is -2.09. The molecule has 1 amide bonds. The Bertz CT molecular complexity index is 629. The lowest BCUT2D eigenvalue weighted by Crippen LogP contribution is -2.15. The van der Waals surface area contributed by atoms with E-state index in [2.05, 4.69) is 10.3 Å². The zero-order valence-electron chi connectivity index (χ0n) is 11.3.